The van der Waals surface area contributed by atoms with Gasteiger partial charge >= 0.3 is 0 Å². The van der Waals surface area contributed by atoms with Gasteiger partial charge in [-0.25, -0.2) is 9.37 Å². The summed E-state index contributed by atoms with van der Waals surface area (Å²) in [5, 5.41) is 7.51. The fourth-order valence-corrected chi connectivity index (χ4v) is 3.41. The van der Waals surface area contributed by atoms with Gasteiger partial charge in [0.1, 0.15) is 5.82 Å². The molecular formula is C18H18FN3O2S. The van der Waals surface area contributed by atoms with Crippen LogP contribution in [-0.2, 0) is 9.59 Å². The number of amides is 2. The van der Waals surface area contributed by atoms with Crippen molar-refractivity contribution in [1.29, 1.82) is 0 Å². The third-order valence-corrected chi connectivity index (χ3v) is 4.70. The van der Waals surface area contributed by atoms with Crippen molar-refractivity contribution < 1.29 is 14.0 Å². The molecule has 1 aromatic carbocycles. The van der Waals surface area contributed by atoms with E-state index < -0.39 is 5.82 Å². The van der Waals surface area contributed by atoms with E-state index in [-0.39, 0.29) is 17.7 Å². The first-order valence-electron chi connectivity index (χ1n) is 8.02. The highest BCUT2D eigenvalue weighted by atomic mass is 32.1. The van der Waals surface area contributed by atoms with Crippen LogP contribution in [0.3, 0.4) is 0 Å². The first-order chi connectivity index (χ1) is 12.0. The average Bonchev–Trinajstić information content (AvgIpc) is 3.03. The second kappa shape index (κ2) is 7.57. The summed E-state index contributed by atoms with van der Waals surface area (Å²) in [4.78, 5) is 27.6. The molecule has 2 aromatic rings. The van der Waals surface area contributed by atoms with E-state index in [1.807, 2.05) is 6.08 Å². The van der Waals surface area contributed by atoms with Crippen LogP contribution in [0, 0.1) is 11.7 Å². The zero-order valence-corrected chi connectivity index (χ0v) is 14.5. The number of nitrogens with one attached hydrogen (secondary N) is 2. The third kappa shape index (κ3) is 4.30. The Hall–Kier alpha value is -2.54. The maximum atomic E-state index is 14.3. The van der Waals surface area contributed by atoms with E-state index in [0.717, 1.165) is 19.3 Å². The lowest BCUT2D eigenvalue weighted by Crippen LogP contribution is -2.23. The molecule has 0 spiro atoms. The molecule has 3 rings (SSSR count). The molecular weight excluding hydrogens is 341 g/mol. The smallest absolute Gasteiger partial charge is 0.229 e. The van der Waals surface area contributed by atoms with Crippen molar-refractivity contribution in [3.63, 3.8) is 0 Å². The summed E-state index contributed by atoms with van der Waals surface area (Å²) < 4.78 is 14.3. The second-order valence-corrected chi connectivity index (χ2v) is 6.74. The minimum absolute atomic E-state index is 0.0361. The highest BCUT2D eigenvalue weighted by Gasteiger charge is 2.20. The Balaban J connectivity index is 1.71. The lowest BCUT2D eigenvalue weighted by atomic mass is 9.94. The molecule has 0 unspecified atom stereocenters. The van der Waals surface area contributed by atoms with E-state index in [1.165, 1.54) is 24.3 Å². The minimum atomic E-state index is -0.480. The number of hydrogen-bond donors (Lipinski definition) is 2. The summed E-state index contributed by atoms with van der Waals surface area (Å²) in [6.07, 6.45) is 6.59. The van der Waals surface area contributed by atoms with Crippen LogP contribution in [-0.4, -0.2) is 16.8 Å². The first kappa shape index (κ1) is 17.3. The number of carbonyl (C=O) groups excluding carboxylic acids is 2. The van der Waals surface area contributed by atoms with Crippen LogP contribution in [0.25, 0.3) is 11.3 Å². The fraction of sp³-hybridized carbons (Fsp3) is 0.278. The summed E-state index contributed by atoms with van der Waals surface area (Å²) in [7, 11) is 0. The van der Waals surface area contributed by atoms with Gasteiger partial charge in [-0.1, -0.05) is 12.2 Å². The SMILES string of the molecule is CC(=O)Nc1ccc(-c2csc(NC(=O)[C@H]3CC=CCC3)n2)c(F)c1. The van der Waals surface area contributed by atoms with Gasteiger partial charge in [-0.15, -0.1) is 11.3 Å². The predicted octanol–water partition coefficient (Wildman–Crippen LogP) is 4.20. The van der Waals surface area contributed by atoms with Gasteiger partial charge in [0.05, 0.1) is 5.69 Å². The lowest BCUT2D eigenvalue weighted by Gasteiger charge is -2.15. The van der Waals surface area contributed by atoms with Gasteiger partial charge in [0.2, 0.25) is 11.8 Å². The number of aromatic nitrogens is 1. The summed E-state index contributed by atoms with van der Waals surface area (Å²) >= 11 is 1.26. The van der Waals surface area contributed by atoms with Crippen molar-refractivity contribution in [1.82, 2.24) is 4.98 Å². The topological polar surface area (TPSA) is 71.1 Å². The van der Waals surface area contributed by atoms with E-state index in [1.54, 1.807) is 17.5 Å². The number of rotatable bonds is 4. The highest BCUT2D eigenvalue weighted by Crippen LogP contribution is 2.29. The van der Waals surface area contributed by atoms with Gasteiger partial charge in [0, 0.05) is 29.5 Å². The molecule has 25 heavy (non-hydrogen) atoms. The van der Waals surface area contributed by atoms with Gasteiger partial charge in [-0.2, -0.15) is 0 Å². The molecule has 2 amide bonds. The summed E-state index contributed by atoms with van der Waals surface area (Å²) in [5.41, 5.74) is 1.17. The zero-order valence-electron chi connectivity index (χ0n) is 13.7. The van der Waals surface area contributed by atoms with Crippen molar-refractivity contribution in [3.05, 3.63) is 41.5 Å². The molecule has 130 valence electrons. The number of nitrogens with zero attached hydrogens (tertiary/aromatic N) is 1. The number of anilines is 2. The molecule has 0 aliphatic heterocycles. The number of thiazole rings is 1. The number of allylic oxidation sites excluding steroid dienone is 2. The second-order valence-electron chi connectivity index (χ2n) is 5.88. The normalized spacial score (nSPS) is 16.5. The average molecular weight is 359 g/mol. The molecule has 1 aliphatic carbocycles. The van der Waals surface area contributed by atoms with Gasteiger partial charge in [0.15, 0.2) is 5.13 Å². The van der Waals surface area contributed by atoms with Crippen LogP contribution < -0.4 is 10.6 Å². The van der Waals surface area contributed by atoms with Crippen LogP contribution in [0.4, 0.5) is 15.2 Å². The van der Waals surface area contributed by atoms with Crippen molar-refractivity contribution >= 4 is 34.0 Å². The van der Waals surface area contributed by atoms with Gasteiger partial charge < -0.3 is 10.6 Å². The van der Waals surface area contributed by atoms with Crippen molar-refractivity contribution in [2.75, 3.05) is 10.6 Å². The maximum Gasteiger partial charge on any atom is 0.229 e. The molecule has 2 N–H and O–H groups in total. The predicted molar refractivity (Wildman–Crippen MR) is 96.9 cm³/mol. The first-order valence-corrected chi connectivity index (χ1v) is 8.90. The Morgan fingerprint density at radius 3 is 2.80 bits per heavy atom. The Kier molecular flexibility index (Phi) is 5.23. The minimum Gasteiger partial charge on any atom is -0.326 e. The van der Waals surface area contributed by atoms with E-state index in [0.29, 0.717) is 22.1 Å². The third-order valence-electron chi connectivity index (χ3n) is 3.94. The Morgan fingerprint density at radius 1 is 1.28 bits per heavy atom. The number of benzene rings is 1. The van der Waals surface area contributed by atoms with Gasteiger partial charge in [0.25, 0.3) is 0 Å². The van der Waals surface area contributed by atoms with Gasteiger partial charge in [-0.3, -0.25) is 9.59 Å². The quantitative estimate of drug-likeness (QED) is 0.804. The highest BCUT2D eigenvalue weighted by molar-refractivity contribution is 7.14. The molecule has 1 aromatic heterocycles. The number of hydrogen-bond acceptors (Lipinski definition) is 4. The van der Waals surface area contributed by atoms with Crippen LogP contribution >= 0.6 is 11.3 Å². The standard InChI is InChI=1S/C18H18FN3O2S/c1-11(23)20-13-7-8-14(15(19)9-13)16-10-25-18(21-16)22-17(24)12-5-3-2-4-6-12/h2-3,7-10,12H,4-6H2,1H3,(H,20,23)(H,21,22,24)/t12-/m0/s1. The Bertz CT molecular complexity index is 831. The van der Waals surface area contributed by atoms with Gasteiger partial charge in [-0.05, 0) is 37.5 Å². The molecule has 0 saturated heterocycles. The Labute approximate surface area is 149 Å². The Morgan fingerprint density at radius 2 is 2.12 bits per heavy atom. The van der Waals surface area contributed by atoms with E-state index >= 15 is 0 Å². The maximum absolute atomic E-state index is 14.3. The van der Waals surface area contributed by atoms with Crippen LogP contribution in [0.1, 0.15) is 26.2 Å². The molecule has 5 nitrogen and oxygen atoms in total. The van der Waals surface area contributed by atoms with Crippen LogP contribution in [0.15, 0.2) is 35.7 Å². The van der Waals surface area contributed by atoms with Crippen LogP contribution in [0.5, 0.6) is 0 Å². The largest absolute Gasteiger partial charge is 0.326 e. The van der Waals surface area contributed by atoms with Crippen LogP contribution in [0.2, 0.25) is 0 Å². The number of halogens is 1. The van der Waals surface area contributed by atoms with E-state index in [9.17, 15) is 14.0 Å². The van der Waals surface area contributed by atoms with Crippen molar-refractivity contribution in [2.24, 2.45) is 5.92 Å². The summed E-state index contributed by atoms with van der Waals surface area (Å²) in [5.74, 6) is -0.826. The molecule has 0 fully saturated rings. The van der Waals surface area contributed by atoms with Crippen molar-refractivity contribution in [3.8, 4) is 11.3 Å². The summed E-state index contributed by atoms with van der Waals surface area (Å²) in [6.45, 7) is 1.36. The molecule has 1 atom stereocenters. The zero-order chi connectivity index (χ0) is 17.8. The molecule has 0 radical (unpaired) electrons. The molecule has 7 heteroatoms. The van der Waals surface area contributed by atoms with E-state index in [4.69, 9.17) is 0 Å². The monoisotopic (exact) mass is 359 g/mol. The van der Waals surface area contributed by atoms with Crippen molar-refractivity contribution in [2.45, 2.75) is 26.2 Å². The lowest BCUT2D eigenvalue weighted by molar-refractivity contribution is -0.120. The molecule has 1 heterocycles. The summed E-state index contributed by atoms with van der Waals surface area (Å²) in [6, 6.07) is 4.43. The molecule has 0 saturated carbocycles. The number of carbonyl (C=O) groups is 2. The fourth-order valence-electron chi connectivity index (χ4n) is 2.70. The molecule has 0 bridgehead atoms. The van der Waals surface area contributed by atoms with E-state index in [2.05, 4.69) is 21.7 Å². The molecule has 1 aliphatic rings.